The Hall–Kier alpha value is -1.39. The van der Waals surface area contributed by atoms with Crippen molar-refractivity contribution >= 4 is 16.5 Å². The molecule has 0 bridgehead atoms. The Morgan fingerprint density at radius 3 is 2.65 bits per heavy atom. The van der Waals surface area contributed by atoms with Gasteiger partial charge in [0.05, 0.1) is 5.69 Å². The van der Waals surface area contributed by atoms with E-state index in [9.17, 15) is 0 Å². The lowest BCUT2D eigenvalue weighted by atomic mass is 10.1. The fraction of sp³-hybridized carbons (Fsp3) is 0.438. The van der Waals surface area contributed by atoms with Gasteiger partial charge in [-0.05, 0) is 19.3 Å². The molecule has 0 saturated carbocycles. The van der Waals surface area contributed by atoms with Crippen LogP contribution in [0.15, 0.2) is 30.3 Å². The molecule has 106 valence electrons. The van der Waals surface area contributed by atoms with Gasteiger partial charge in [0.1, 0.15) is 0 Å². The van der Waals surface area contributed by atoms with Crippen LogP contribution in [0.4, 0.5) is 5.13 Å². The molecule has 20 heavy (non-hydrogen) atoms. The molecule has 1 saturated heterocycles. The van der Waals surface area contributed by atoms with E-state index in [0.29, 0.717) is 12.6 Å². The minimum atomic E-state index is 0.555. The van der Waals surface area contributed by atoms with Gasteiger partial charge in [-0.1, -0.05) is 48.6 Å². The lowest BCUT2D eigenvalue weighted by Crippen LogP contribution is -2.26. The molecule has 2 unspecified atom stereocenters. The summed E-state index contributed by atoms with van der Waals surface area (Å²) in [5, 5.41) is 1.13. The molecule has 1 aromatic heterocycles. The van der Waals surface area contributed by atoms with Crippen LogP contribution in [-0.4, -0.2) is 17.6 Å². The third-order valence-electron chi connectivity index (χ3n) is 3.95. The monoisotopic (exact) mass is 287 g/mol. The van der Waals surface area contributed by atoms with Gasteiger partial charge in [0, 0.05) is 29.6 Å². The second-order valence-corrected chi connectivity index (χ2v) is 6.74. The quantitative estimate of drug-likeness (QED) is 0.939. The minimum absolute atomic E-state index is 0.555. The summed E-state index contributed by atoms with van der Waals surface area (Å²) in [5.41, 5.74) is 8.13. The number of anilines is 1. The molecule has 2 atom stereocenters. The summed E-state index contributed by atoms with van der Waals surface area (Å²) in [6.45, 7) is 6.26. The van der Waals surface area contributed by atoms with Gasteiger partial charge in [0.2, 0.25) is 0 Å². The smallest absolute Gasteiger partial charge is 0.186 e. The van der Waals surface area contributed by atoms with Crippen molar-refractivity contribution < 1.29 is 0 Å². The lowest BCUT2D eigenvalue weighted by Gasteiger charge is -2.20. The predicted octanol–water partition coefficient (Wildman–Crippen LogP) is 3.50. The van der Waals surface area contributed by atoms with E-state index in [1.54, 1.807) is 11.3 Å². The van der Waals surface area contributed by atoms with E-state index in [-0.39, 0.29) is 0 Å². The summed E-state index contributed by atoms with van der Waals surface area (Å²) < 4.78 is 0. The number of nitrogens with zero attached hydrogens (tertiary/aromatic N) is 2. The summed E-state index contributed by atoms with van der Waals surface area (Å²) in [5.74, 6) is 0.746. The summed E-state index contributed by atoms with van der Waals surface area (Å²) in [4.78, 5) is 8.49. The highest BCUT2D eigenvalue weighted by Gasteiger charge is 2.29. The third-order valence-corrected chi connectivity index (χ3v) is 5.06. The van der Waals surface area contributed by atoms with Crippen molar-refractivity contribution in [2.45, 2.75) is 32.9 Å². The maximum absolute atomic E-state index is 5.91. The Morgan fingerprint density at radius 1 is 1.30 bits per heavy atom. The molecule has 0 aliphatic carbocycles. The Kier molecular flexibility index (Phi) is 3.76. The van der Waals surface area contributed by atoms with Crippen molar-refractivity contribution in [2.75, 3.05) is 11.4 Å². The predicted molar refractivity (Wildman–Crippen MR) is 86.0 cm³/mol. The van der Waals surface area contributed by atoms with E-state index in [1.165, 1.54) is 11.3 Å². The van der Waals surface area contributed by atoms with Crippen molar-refractivity contribution in [2.24, 2.45) is 11.7 Å². The van der Waals surface area contributed by atoms with Crippen molar-refractivity contribution in [1.82, 2.24) is 4.98 Å². The second-order valence-electron chi connectivity index (χ2n) is 5.68. The van der Waals surface area contributed by atoms with Crippen LogP contribution in [0.2, 0.25) is 0 Å². The van der Waals surface area contributed by atoms with Crippen LogP contribution in [0.25, 0.3) is 11.3 Å². The van der Waals surface area contributed by atoms with Crippen LogP contribution in [-0.2, 0) is 6.54 Å². The minimum Gasteiger partial charge on any atom is -0.345 e. The first-order valence-corrected chi connectivity index (χ1v) is 8.02. The Morgan fingerprint density at radius 2 is 2.05 bits per heavy atom. The molecule has 2 heterocycles. The molecule has 0 radical (unpaired) electrons. The molecular formula is C16H21N3S. The zero-order valence-electron chi connectivity index (χ0n) is 12.0. The summed E-state index contributed by atoms with van der Waals surface area (Å²) in [6, 6.07) is 10.9. The molecule has 1 fully saturated rings. The first-order valence-electron chi connectivity index (χ1n) is 7.21. The van der Waals surface area contributed by atoms with Crippen LogP contribution in [0.3, 0.4) is 0 Å². The standard InChI is InChI=1S/C16H21N3S/c1-11-8-12(2)19(10-11)16-18-15(14(9-17)20-16)13-6-4-3-5-7-13/h3-7,11-12H,8-10,17H2,1-2H3. The second kappa shape index (κ2) is 5.54. The molecule has 4 heteroatoms. The number of hydrogen-bond donors (Lipinski definition) is 1. The Bertz CT molecular complexity index is 579. The van der Waals surface area contributed by atoms with E-state index in [0.717, 1.165) is 28.9 Å². The van der Waals surface area contributed by atoms with E-state index in [2.05, 4.69) is 43.0 Å². The van der Waals surface area contributed by atoms with E-state index in [1.807, 2.05) is 6.07 Å². The molecule has 3 nitrogen and oxygen atoms in total. The third kappa shape index (κ3) is 2.45. The molecule has 0 spiro atoms. The van der Waals surface area contributed by atoms with Gasteiger partial charge in [-0.25, -0.2) is 4.98 Å². The Balaban J connectivity index is 1.97. The zero-order chi connectivity index (χ0) is 14.1. The molecule has 2 N–H and O–H groups in total. The number of nitrogens with two attached hydrogens (primary N) is 1. The van der Waals surface area contributed by atoms with E-state index >= 15 is 0 Å². The van der Waals surface area contributed by atoms with Crippen molar-refractivity contribution in [3.63, 3.8) is 0 Å². The van der Waals surface area contributed by atoms with Gasteiger partial charge >= 0.3 is 0 Å². The zero-order valence-corrected chi connectivity index (χ0v) is 12.9. The maximum Gasteiger partial charge on any atom is 0.186 e. The van der Waals surface area contributed by atoms with E-state index in [4.69, 9.17) is 10.7 Å². The highest BCUT2D eigenvalue weighted by molar-refractivity contribution is 7.16. The number of hydrogen-bond acceptors (Lipinski definition) is 4. The fourth-order valence-electron chi connectivity index (χ4n) is 2.99. The first kappa shape index (κ1) is 13.6. The SMILES string of the molecule is CC1CC(C)N(c2nc(-c3ccccc3)c(CN)s2)C1. The molecule has 1 aliphatic rings. The van der Waals surface area contributed by atoms with Gasteiger partial charge in [-0.15, -0.1) is 0 Å². The number of rotatable bonds is 3. The molecule has 1 aliphatic heterocycles. The highest BCUT2D eigenvalue weighted by Crippen LogP contribution is 2.36. The normalized spacial score (nSPS) is 22.4. The molecular weight excluding hydrogens is 266 g/mol. The van der Waals surface area contributed by atoms with Gasteiger partial charge in [0.25, 0.3) is 0 Å². The van der Waals surface area contributed by atoms with Crippen LogP contribution < -0.4 is 10.6 Å². The summed E-state index contributed by atoms with van der Waals surface area (Å²) >= 11 is 1.75. The van der Waals surface area contributed by atoms with Gasteiger partial charge in [-0.3, -0.25) is 0 Å². The van der Waals surface area contributed by atoms with Crippen LogP contribution >= 0.6 is 11.3 Å². The first-order chi connectivity index (χ1) is 9.69. The van der Waals surface area contributed by atoms with Crippen LogP contribution in [0, 0.1) is 5.92 Å². The van der Waals surface area contributed by atoms with E-state index < -0.39 is 0 Å². The molecule has 2 aromatic rings. The number of thiazole rings is 1. The van der Waals surface area contributed by atoms with Crippen molar-refractivity contribution in [1.29, 1.82) is 0 Å². The number of aromatic nitrogens is 1. The number of benzene rings is 1. The average molecular weight is 287 g/mol. The topological polar surface area (TPSA) is 42.2 Å². The van der Waals surface area contributed by atoms with Gasteiger partial charge in [-0.2, -0.15) is 0 Å². The molecule has 1 aromatic carbocycles. The summed E-state index contributed by atoms with van der Waals surface area (Å²) in [6.07, 6.45) is 1.25. The van der Waals surface area contributed by atoms with Crippen molar-refractivity contribution in [3.05, 3.63) is 35.2 Å². The summed E-state index contributed by atoms with van der Waals surface area (Å²) in [7, 11) is 0. The lowest BCUT2D eigenvalue weighted by molar-refractivity contribution is 0.625. The molecule has 3 rings (SSSR count). The van der Waals surface area contributed by atoms with Crippen molar-refractivity contribution in [3.8, 4) is 11.3 Å². The van der Waals surface area contributed by atoms with Gasteiger partial charge < -0.3 is 10.6 Å². The maximum atomic E-state index is 5.91. The van der Waals surface area contributed by atoms with Crippen LogP contribution in [0.5, 0.6) is 0 Å². The molecule has 0 amide bonds. The highest BCUT2D eigenvalue weighted by atomic mass is 32.1. The average Bonchev–Trinajstić information content (AvgIpc) is 3.02. The Labute approximate surface area is 124 Å². The largest absolute Gasteiger partial charge is 0.345 e. The van der Waals surface area contributed by atoms with Crippen LogP contribution in [0.1, 0.15) is 25.1 Å². The van der Waals surface area contributed by atoms with Gasteiger partial charge in [0.15, 0.2) is 5.13 Å². The fourth-order valence-corrected chi connectivity index (χ4v) is 4.06.